The van der Waals surface area contributed by atoms with E-state index in [9.17, 15) is 0 Å². The van der Waals surface area contributed by atoms with E-state index in [0.29, 0.717) is 17.5 Å². The van der Waals surface area contributed by atoms with E-state index in [1.165, 1.54) is 59.6 Å². The number of hydrogen-bond acceptors (Lipinski definition) is 4. The summed E-state index contributed by atoms with van der Waals surface area (Å²) in [6.45, 7) is 0. The maximum atomic E-state index is 5.35. The molecule has 6 aromatic heterocycles. The zero-order valence-electron chi connectivity index (χ0n) is 57.4. The lowest BCUT2D eigenvalue weighted by molar-refractivity contribution is 1.07. The molecular weight excluding hydrogens is 1290 g/mol. The van der Waals surface area contributed by atoms with E-state index in [1.54, 1.807) is 0 Å². The third-order valence-electron chi connectivity index (χ3n) is 21.2. The summed E-state index contributed by atoms with van der Waals surface area (Å²) in [6, 6.07) is 135. The normalized spacial score (nSPS) is 11.8. The maximum absolute atomic E-state index is 5.35. The minimum Gasteiger partial charge on any atom is -0.309 e. The van der Waals surface area contributed by atoms with Crippen molar-refractivity contribution in [1.29, 1.82) is 0 Å². The maximum Gasteiger partial charge on any atom is 0.164 e. The number of pyridine rings is 1. The molecule has 21 aromatic rings. The van der Waals surface area contributed by atoms with Crippen molar-refractivity contribution in [3.8, 4) is 113 Å². The Kier molecular flexibility index (Phi) is 14.1. The Balaban J connectivity index is 0.625. The Labute approximate surface area is 610 Å². The van der Waals surface area contributed by atoms with Gasteiger partial charge in [-0.25, -0.2) is 19.9 Å². The number of benzene rings is 15. The molecule has 0 aliphatic heterocycles. The highest BCUT2D eigenvalue weighted by Crippen LogP contribution is 2.46. The zero-order chi connectivity index (χ0) is 69.8. The van der Waals surface area contributed by atoms with Gasteiger partial charge in [0, 0.05) is 93.7 Å². The van der Waals surface area contributed by atoms with Crippen molar-refractivity contribution in [1.82, 2.24) is 38.2 Å². The van der Waals surface area contributed by atoms with E-state index in [-0.39, 0.29) is 0 Å². The quantitative estimate of drug-likeness (QED) is 0.122. The van der Waals surface area contributed by atoms with Gasteiger partial charge in [-0.3, -0.25) is 0 Å². The van der Waals surface area contributed by atoms with Crippen LogP contribution in [-0.2, 0) is 0 Å². The van der Waals surface area contributed by atoms with Crippen LogP contribution in [0.4, 0.5) is 0 Å². The number of hydrogen-bond donors (Lipinski definition) is 0. The Bertz CT molecular complexity index is 6960. The molecule has 0 spiro atoms. The van der Waals surface area contributed by atoms with E-state index >= 15 is 0 Å². The van der Waals surface area contributed by atoms with Gasteiger partial charge in [0.25, 0.3) is 0 Å². The van der Waals surface area contributed by atoms with Crippen molar-refractivity contribution < 1.29 is 0 Å². The summed E-state index contributed by atoms with van der Waals surface area (Å²) in [7, 11) is 0. The molecule has 0 N–H and O–H groups in total. The van der Waals surface area contributed by atoms with E-state index in [2.05, 4.69) is 376 Å². The van der Waals surface area contributed by atoms with Crippen molar-refractivity contribution in [2.24, 2.45) is 0 Å². The van der Waals surface area contributed by atoms with Gasteiger partial charge in [-0.15, -0.1) is 0 Å². The molecule has 0 unspecified atom stereocenters. The second-order valence-corrected chi connectivity index (χ2v) is 27.3. The van der Waals surface area contributed by atoms with Gasteiger partial charge in [-0.05, 0) is 130 Å². The van der Waals surface area contributed by atoms with E-state index < -0.39 is 0 Å². The zero-order valence-corrected chi connectivity index (χ0v) is 57.4. The fraction of sp³-hybridized carbons (Fsp3) is 0. The average molecular weight is 1350 g/mol. The van der Waals surface area contributed by atoms with Crippen LogP contribution >= 0.6 is 0 Å². The van der Waals surface area contributed by atoms with Crippen LogP contribution in [0, 0.1) is 0 Å². The fourth-order valence-corrected chi connectivity index (χ4v) is 16.3. The molecule has 494 valence electrons. The smallest absolute Gasteiger partial charge is 0.164 e. The van der Waals surface area contributed by atoms with Gasteiger partial charge in [-0.1, -0.05) is 279 Å². The predicted molar refractivity (Wildman–Crippen MR) is 438 cm³/mol. The first-order valence-corrected chi connectivity index (χ1v) is 36.0. The lowest BCUT2D eigenvalue weighted by Gasteiger charge is -2.13. The molecule has 21 rings (SSSR count). The van der Waals surface area contributed by atoms with Crippen molar-refractivity contribution in [2.75, 3.05) is 0 Å². The largest absolute Gasteiger partial charge is 0.309 e. The molecule has 0 radical (unpaired) electrons. The lowest BCUT2D eigenvalue weighted by Crippen LogP contribution is -2.01. The summed E-state index contributed by atoms with van der Waals surface area (Å²) in [5, 5.41) is 9.61. The molecule has 0 atom stereocenters. The standard InChI is InChI=1S/C98H62N8/c1-6-24-63(25-7-1)73-60-84(67-26-8-2-9-27-67)99-85(61-73)71-30-22-36-76(58-71)103-87-42-20-18-40-83(87)93-90(103)57-55-81-79-53-52-70(62-91(79)106(95(81)93)75-34-14-5-15-35-75)66-46-44-64(45-47-66)65-48-50-69(51-49-65)97-100-96(68-28-10-3-11-29-68)101-98(102-97)72-31-23-37-77(59-72)104-88-43-21-17-39-82(88)92-89(104)56-54-80-78-38-16-19-41-86(78)105(94(80)92)74-32-12-4-13-33-74/h1-62H. The fourth-order valence-electron chi connectivity index (χ4n) is 16.3. The molecule has 0 bridgehead atoms. The van der Waals surface area contributed by atoms with Crippen LogP contribution in [0.3, 0.4) is 0 Å². The van der Waals surface area contributed by atoms with Crippen LogP contribution in [0.15, 0.2) is 376 Å². The Morgan fingerprint density at radius 3 is 1.04 bits per heavy atom. The highest BCUT2D eigenvalue weighted by molar-refractivity contribution is 6.28. The summed E-state index contributed by atoms with van der Waals surface area (Å²) in [4.78, 5) is 21.1. The van der Waals surface area contributed by atoms with Gasteiger partial charge in [0.05, 0.1) is 55.5 Å². The van der Waals surface area contributed by atoms with Crippen LogP contribution in [0.5, 0.6) is 0 Å². The second-order valence-electron chi connectivity index (χ2n) is 27.3. The van der Waals surface area contributed by atoms with E-state index in [0.717, 1.165) is 123 Å². The van der Waals surface area contributed by atoms with Gasteiger partial charge >= 0.3 is 0 Å². The van der Waals surface area contributed by atoms with Crippen LogP contribution in [-0.4, -0.2) is 38.2 Å². The van der Waals surface area contributed by atoms with Crippen molar-refractivity contribution in [3.63, 3.8) is 0 Å². The average Bonchev–Trinajstić information content (AvgIpc) is 1.55. The SMILES string of the molecule is c1ccc(-c2cc(-c3ccccc3)nc(-c3cccc(-n4c5ccccc5c5c4ccc4c6ccc(-c7ccc(-c8ccc(-c9nc(-c%10ccccc%10)nc(-c%10cccc(-n%11c%12ccccc%12c%12c%11ccc%11c%13ccccc%13n(-c%13ccccc%13)c%11%12)c%10)n9)cc8)cc7)cc6n(-c6ccccc6)c45)c3)c2)cc1. The van der Waals surface area contributed by atoms with Gasteiger partial charge in [0.2, 0.25) is 0 Å². The third-order valence-corrected chi connectivity index (χ3v) is 21.2. The first-order valence-electron chi connectivity index (χ1n) is 36.0. The molecule has 106 heavy (non-hydrogen) atoms. The van der Waals surface area contributed by atoms with Crippen molar-refractivity contribution >= 4 is 87.2 Å². The summed E-state index contributed by atoms with van der Waals surface area (Å²) < 4.78 is 9.73. The first kappa shape index (κ1) is 60.4. The van der Waals surface area contributed by atoms with Crippen LogP contribution in [0.2, 0.25) is 0 Å². The Morgan fingerprint density at radius 1 is 0.160 bits per heavy atom. The number of nitrogens with zero attached hydrogens (tertiary/aromatic N) is 8. The van der Waals surface area contributed by atoms with Gasteiger partial charge in [0.1, 0.15) is 0 Å². The van der Waals surface area contributed by atoms with Crippen LogP contribution in [0.25, 0.3) is 200 Å². The van der Waals surface area contributed by atoms with Crippen LogP contribution in [0.1, 0.15) is 0 Å². The molecule has 15 aromatic carbocycles. The Hall–Kier alpha value is -14.3. The minimum absolute atomic E-state index is 0.594. The number of aromatic nitrogens is 8. The molecule has 8 nitrogen and oxygen atoms in total. The molecule has 0 amide bonds. The Morgan fingerprint density at radius 2 is 0.500 bits per heavy atom. The molecule has 0 saturated heterocycles. The minimum atomic E-state index is 0.594. The first-order chi connectivity index (χ1) is 52.6. The second kappa shape index (κ2) is 24.7. The van der Waals surface area contributed by atoms with E-state index in [1.807, 2.05) is 18.2 Å². The van der Waals surface area contributed by atoms with Crippen molar-refractivity contribution in [2.45, 2.75) is 0 Å². The number of fused-ring (bicyclic) bond motifs is 14. The number of rotatable bonds is 12. The molecular formula is C98H62N8. The van der Waals surface area contributed by atoms with Crippen molar-refractivity contribution in [3.05, 3.63) is 376 Å². The molecule has 0 aliphatic rings. The summed E-state index contributed by atoms with van der Waals surface area (Å²) in [5.41, 5.74) is 26.9. The monoisotopic (exact) mass is 1350 g/mol. The lowest BCUT2D eigenvalue weighted by atomic mass is 9.98. The highest BCUT2D eigenvalue weighted by atomic mass is 15.1. The molecule has 0 aliphatic carbocycles. The molecule has 6 heterocycles. The molecule has 0 saturated carbocycles. The molecule has 0 fully saturated rings. The predicted octanol–water partition coefficient (Wildman–Crippen LogP) is 25.0. The summed E-state index contributed by atoms with van der Waals surface area (Å²) in [5.74, 6) is 1.80. The van der Waals surface area contributed by atoms with Gasteiger partial charge < -0.3 is 18.3 Å². The van der Waals surface area contributed by atoms with Crippen LogP contribution < -0.4 is 0 Å². The topological polar surface area (TPSA) is 71.3 Å². The molecule has 8 heteroatoms. The highest BCUT2D eigenvalue weighted by Gasteiger charge is 2.25. The number of para-hydroxylation sites is 5. The third kappa shape index (κ3) is 9.99. The van der Waals surface area contributed by atoms with Gasteiger partial charge in [0.15, 0.2) is 17.5 Å². The summed E-state index contributed by atoms with van der Waals surface area (Å²) in [6.07, 6.45) is 0. The van der Waals surface area contributed by atoms with E-state index in [4.69, 9.17) is 19.9 Å². The summed E-state index contributed by atoms with van der Waals surface area (Å²) >= 11 is 0. The van der Waals surface area contributed by atoms with Gasteiger partial charge in [-0.2, -0.15) is 0 Å².